The number of rotatable bonds is 5. The summed E-state index contributed by atoms with van der Waals surface area (Å²) in [5.41, 5.74) is 1.36. The minimum Gasteiger partial charge on any atom is -0.467 e. The molecule has 1 amide bonds. The molecule has 28 heavy (non-hydrogen) atoms. The molecule has 0 aliphatic carbocycles. The molecular formula is C20H18N2O4S2. The van der Waals surface area contributed by atoms with Gasteiger partial charge in [-0.25, -0.2) is 13.4 Å². The molecule has 0 N–H and O–H groups in total. The van der Waals surface area contributed by atoms with E-state index in [1.165, 1.54) is 28.7 Å². The van der Waals surface area contributed by atoms with Gasteiger partial charge >= 0.3 is 0 Å². The van der Waals surface area contributed by atoms with E-state index in [1.807, 2.05) is 17.5 Å². The molecule has 0 bridgehead atoms. The minimum absolute atomic E-state index is 0.166. The molecule has 0 radical (unpaired) electrons. The second-order valence-corrected chi connectivity index (χ2v) is 9.43. The zero-order chi connectivity index (χ0) is 19.7. The topological polar surface area (TPSA) is 80.0 Å². The number of aryl methyl sites for hydroxylation is 1. The number of amides is 1. The van der Waals surface area contributed by atoms with Gasteiger partial charge in [0.25, 0.3) is 5.91 Å². The number of carbonyl (C=O) groups is 1. The smallest absolute Gasteiger partial charge is 0.258 e. The van der Waals surface area contributed by atoms with Crippen LogP contribution in [0.5, 0.6) is 0 Å². The predicted octanol–water partition coefficient (Wildman–Crippen LogP) is 3.80. The van der Waals surface area contributed by atoms with E-state index in [0.29, 0.717) is 17.7 Å². The van der Waals surface area contributed by atoms with E-state index >= 15 is 0 Å². The van der Waals surface area contributed by atoms with Crippen molar-refractivity contribution in [3.63, 3.8) is 0 Å². The van der Waals surface area contributed by atoms with Crippen molar-refractivity contribution in [2.75, 3.05) is 5.75 Å². The number of furan rings is 1. The summed E-state index contributed by atoms with van der Waals surface area (Å²) in [4.78, 5) is 14.1. The van der Waals surface area contributed by atoms with Crippen LogP contribution in [0.15, 0.2) is 74.6 Å². The van der Waals surface area contributed by atoms with E-state index in [9.17, 15) is 13.2 Å². The monoisotopic (exact) mass is 414 g/mol. The van der Waals surface area contributed by atoms with E-state index < -0.39 is 27.5 Å². The Kier molecular flexibility index (Phi) is 4.91. The normalized spacial score (nSPS) is 17.0. The van der Waals surface area contributed by atoms with E-state index in [1.54, 1.807) is 37.3 Å². The first-order chi connectivity index (χ1) is 13.5. The van der Waals surface area contributed by atoms with Gasteiger partial charge in [-0.3, -0.25) is 4.79 Å². The number of nitrogens with zero attached hydrogens (tertiary/aromatic N) is 2. The molecule has 2 aromatic heterocycles. The van der Waals surface area contributed by atoms with Gasteiger partial charge in [-0.2, -0.15) is 5.10 Å². The third kappa shape index (κ3) is 3.53. The van der Waals surface area contributed by atoms with Crippen LogP contribution >= 0.6 is 11.3 Å². The maximum Gasteiger partial charge on any atom is 0.258 e. The van der Waals surface area contributed by atoms with E-state index in [4.69, 9.17) is 4.42 Å². The van der Waals surface area contributed by atoms with Gasteiger partial charge in [0.15, 0.2) is 9.84 Å². The molecule has 1 aromatic carbocycles. The second-order valence-electron chi connectivity index (χ2n) is 6.52. The van der Waals surface area contributed by atoms with Crippen molar-refractivity contribution in [3.05, 3.63) is 76.4 Å². The lowest BCUT2D eigenvalue weighted by Crippen LogP contribution is -2.32. The third-order valence-electron chi connectivity index (χ3n) is 4.59. The molecule has 144 valence electrons. The summed E-state index contributed by atoms with van der Waals surface area (Å²) < 4.78 is 31.1. The van der Waals surface area contributed by atoms with Crippen LogP contribution in [-0.4, -0.2) is 30.8 Å². The lowest BCUT2D eigenvalue weighted by atomic mass is 10.1. The van der Waals surface area contributed by atoms with Gasteiger partial charge < -0.3 is 4.42 Å². The molecule has 0 fully saturated rings. The third-order valence-corrected chi connectivity index (χ3v) is 7.26. The second kappa shape index (κ2) is 7.37. The molecule has 0 saturated heterocycles. The van der Waals surface area contributed by atoms with Gasteiger partial charge in [-0.1, -0.05) is 24.3 Å². The molecule has 3 aromatic rings. The predicted molar refractivity (Wildman–Crippen MR) is 107 cm³/mol. The van der Waals surface area contributed by atoms with Crippen LogP contribution < -0.4 is 0 Å². The Morgan fingerprint density at radius 3 is 2.71 bits per heavy atom. The van der Waals surface area contributed by atoms with Gasteiger partial charge in [0, 0.05) is 6.42 Å². The standard InChI is InChI=1S/C20H18N2O4S2/c1-14-6-2-3-9-19(14)28(24,25)13-20(23)22-16(17-7-4-10-26-17)12-15(21-22)18-8-5-11-27-18/h2-11,16H,12-13H2,1H3. The molecular weight excluding hydrogens is 396 g/mol. The Morgan fingerprint density at radius 1 is 1.21 bits per heavy atom. The summed E-state index contributed by atoms with van der Waals surface area (Å²) in [6, 6.07) is 13.6. The molecule has 1 aliphatic heterocycles. The summed E-state index contributed by atoms with van der Waals surface area (Å²) in [6.07, 6.45) is 2.01. The number of hydrazone groups is 1. The van der Waals surface area contributed by atoms with Crippen LogP contribution in [-0.2, 0) is 14.6 Å². The Balaban J connectivity index is 1.64. The molecule has 1 aliphatic rings. The summed E-state index contributed by atoms with van der Waals surface area (Å²) in [5, 5.41) is 7.65. The summed E-state index contributed by atoms with van der Waals surface area (Å²) >= 11 is 1.53. The molecule has 3 heterocycles. The summed E-state index contributed by atoms with van der Waals surface area (Å²) in [6.45, 7) is 1.71. The van der Waals surface area contributed by atoms with Crippen molar-refractivity contribution in [3.8, 4) is 0 Å². The molecule has 0 spiro atoms. The molecule has 8 heteroatoms. The van der Waals surface area contributed by atoms with Crippen LogP contribution in [0, 0.1) is 6.92 Å². The Hall–Kier alpha value is -2.71. The van der Waals surface area contributed by atoms with Crippen LogP contribution in [0.2, 0.25) is 0 Å². The van der Waals surface area contributed by atoms with Crippen molar-refractivity contribution >= 4 is 32.8 Å². The first kappa shape index (κ1) is 18.6. The fraction of sp³-hybridized carbons (Fsp3) is 0.200. The summed E-state index contributed by atoms with van der Waals surface area (Å²) in [5.74, 6) is -0.635. The molecule has 6 nitrogen and oxygen atoms in total. The molecule has 4 rings (SSSR count). The van der Waals surface area contributed by atoms with Crippen LogP contribution in [0.25, 0.3) is 0 Å². The maximum absolute atomic E-state index is 13.0. The number of carbonyl (C=O) groups excluding carboxylic acids is 1. The van der Waals surface area contributed by atoms with Crippen molar-refractivity contribution in [1.29, 1.82) is 0 Å². The number of thiophene rings is 1. The van der Waals surface area contributed by atoms with E-state index in [0.717, 1.165) is 10.6 Å². The first-order valence-corrected chi connectivity index (χ1v) is 11.2. The van der Waals surface area contributed by atoms with Gasteiger partial charge in [-0.15, -0.1) is 11.3 Å². The first-order valence-electron chi connectivity index (χ1n) is 8.71. The fourth-order valence-corrected chi connectivity index (χ4v) is 5.42. The number of hydrogen-bond donors (Lipinski definition) is 0. The highest BCUT2D eigenvalue weighted by molar-refractivity contribution is 7.92. The SMILES string of the molecule is Cc1ccccc1S(=O)(=O)CC(=O)N1N=C(c2cccs2)CC1c1ccco1. The van der Waals surface area contributed by atoms with Crippen LogP contribution in [0.4, 0.5) is 0 Å². The van der Waals surface area contributed by atoms with Gasteiger partial charge in [0.05, 0.1) is 21.7 Å². The van der Waals surface area contributed by atoms with Crippen molar-refractivity contribution < 1.29 is 17.6 Å². The van der Waals surface area contributed by atoms with Crippen molar-refractivity contribution in [2.24, 2.45) is 5.10 Å². The molecule has 0 saturated carbocycles. The van der Waals surface area contributed by atoms with Crippen LogP contribution in [0.3, 0.4) is 0 Å². The van der Waals surface area contributed by atoms with Crippen molar-refractivity contribution in [1.82, 2.24) is 5.01 Å². The molecule has 1 unspecified atom stereocenters. The van der Waals surface area contributed by atoms with E-state index in [2.05, 4.69) is 5.10 Å². The highest BCUT2D eigenvalue weighted by Gasteiger charge is 2.37. The summed E-state index contributed by atoms with van der Waals surface area (Å²) in [7, 11) is -3.78. The maximum atomic E-state index is 13.0. The highest BCUT2D eigenvalue weighted by Crippen LogP contribution is 2.34. The Morgan fingerprint density at radius 2 is 2.04 bits per heavy atom. The Bertz CT molecular complexity index is 1120. The van der Waals surface area contributed by atoms with Crippen LogP contribution in [0.1, 0.15) is 28.7 Å². The van der Waals surface area contributed by atoms with Gasteiger partial charge in [0.1, 0.15) is 17.6 Å². The zero-order valence-corrected chi connectivity index (χ0v) is 16.7. The lowest BCUT2D eigenvalue weighted by molar-refractivity contribution is -0.130. The largest absolute Gasteiger partial charge is 0.467 e. The average Bonchev–Trinajstić information content (AvgIpc) is 3.40. The average molecular weight is 415 g/mol. The number of sulfone groups is 1. The van der Waals surface area contributed by atoms with Gasteiger partial charge in [0.2, 0.25) is 0 Å². The number of benzene rings is 1. The minimum atomic E-state index is -3.78. The Labute approximate surface area is 167 Å². The molecule has 1 atom stereocenters. The highest BCUT2D eigenvalue weighted by atomic mass is 32.2. The van der Waals surface area contributed by atoms with Gasteiger partial charge in [-0.05, 0) is 42.1 Å². The lowest BCUT2D eigenvalue weighted by Gasteiger charge is -2.20. The quantitative estimate of drug-likeness (QED) is 0.636. The van der Waals surface area contributed by atoms with E-state index in [-0.39, 0.29) is 4.90 Å². The zero-order valence-electron chi connectivity index (χ0n) is 15.1. The van der Waals surface area contributed by atoms with Crippen molar-refractivity contribution in [2.45, 2.75) is 24.3 Å². The fourth-order valence-electron chi connectivity index (χ4n) is 3.25. The number of hydrogen-bond acceptors (Lipinski definition) is 6.